The minimum Gasteiger partial charge on any atom is -0.323 e. The number of nitrogens with two attached hydrogens (primary N) is 2. The maximum atomic E-state index is 12.2. The first-order chi connectivity index (χ1) is 9.22. The number of halogens is 1. The van der Waals surface area contributed by atoms with Crippen molar-refractivity contribution in [3.63, 3.8) is 0 Å². The third-order valence-electron chi connectivity index (χ3n) is 3.46. The number of primary sulfonamides is 1. The van der Waals surface area contributed by atoms with Gasteiger partial charge < -0.3 is 11.1 Å². The fraction of sp³-hybridized carbons (Fsp3) is 0.417. The van der Waals surface area contributed by atoms with Gasteiger partial charge in [-0.2, -0.15) is 0 Å². The maximum absolute atomic E-state index is 12.2. The zero-order valence-electron chi connectivity index (χ0n) is 10.7. The van der Waals surface area contributed by atoms with Crippen molar-refractivity contribution in [2.24, 2.45) is 10.9 Å². The number of hydrogen-bond acceptors (Lipinski definition) is 4. The van der Waals surface area contributed by atoms with E-state index < -0.39 is 15.6 Å². The number of amides is 1. The molecule has 5 N–H and O–H groups in total. The summed E-state index contributed by atoms with van der Waals surface area (Å²) in [5.74, 6) is -0.358. The van der Waals surface area contributed by atoms with Gasteiger partial charge in [-0.3, -0.25) is 4.79 Å². The summed E-state index contributed by atoms with van der Waals surface area (Å²) in [5, 5.41) is 7.86. The van der Waals surface area contributed by atoms with Crippen molar-refractivity contribution >= 4 is 33.2 Å². The summed E-state index contributed by atoms with van der Waals surface area (Å²) < 4.78 is 22.6. The van der Waals surface area contributed by atoms with Crippen molar-refractivity contribution in [2.75, 3.05) is 5.32 Å². The monoisotopic (exact) mass is 317 g/mol. The summed E-state index contributed by atoms with van der Waals surface area (Å²) in [6.45, 7) is 0. The van der Waals surface area contributed by atoms with Crippen molar-refractivity contribution in [1.29, 1.82) is 0 Å². The summed E-state index contributed by atoms with van der Waals surface area (Å²) in [6, 6.07) is 3.88. The van der Waals surface area contributed by atoms with E-state index in [1.54, 1.807) is 0 Å². The number of carbonyl (C=O) groups excluding carboxylic acids is 1. The molecule has 0 aromatic heterocycles. The smallest absolute Gasteiger partial charge is 0.244 e. The van der Waals surface area contributed by atoms with E-state index in [1.807, 2.05) is 0 Å². The van der Waals surface area contributed by atoms with Gasteiger partial charge >= 0.3 is 0 Å². The predicted octanol–water partition coefficient (Wildman–Crippen LogP) is 1.20. The standard InChI is InChI=1S/C12H16ClN3O3S/c13-9-4-3-8(20(15,18)19)7-10(9)16-11(17)12(14)5-1-2-6-12/h3-4,7H,1-2,5-6,14H2,(H,16,17)(H2,15,18,19). The molecule has 1 aromatic carbocycles. The van der Waals surface area contributed by atoms with Gasteiger partial charge in [-0.05, 0) is 31.0 Å². The van der Waals surface area contributed by atoms with Gasteiger partial charge in [0.2, 0.25) is 15.9 Å². The summed E-state index contributed by atoms with van der Waals surface area (Å²) >= 11 is 5.95. The molecular formula is C12H16ClN3O3S. The van der Waals surface area contributed by atoms with Crippen LogP contribution in [0.4, 0.5) is 5.69 Å². The molecule has 0 unspecified atom stereocenters. The molecule has 0 heterocycles. The molecule has 0 atom stereocenters. The second-order valence-corrected chi connectivity index (χ2v) is 6.97. The van der Waals surface area contributed by atoms with Crippen LogP contribution in [-0.2, 0) is 14.8 Å². The molecule has 6 nitrogen and oxygen atoms in total. The van der Waals surface area contributed by atoms with Crippen LogP contribution < -0.4 is 16.2 Å². The summed E-state index contributed by atoms with van der Waals surface area (Å²) in [7, 11) is -3.85. The summed E-state index contributed by atoms with van der Waals surface area (Å²) in [5.41, 5.74) is 5.30. The first-order valence-corrected chi connectivity index (χ1v) is 8.07. The highest BCUT2D eigenvalue weighted by Gasteiger charge is 2.37. The minimum atomic E-state index is -3.85. The zero-order valence-corrected chi connectivity index (χ0v) is 12.3. The second-order valence-electron chi connectivity index (χ2n) is 5.00. The Kier molecular flexibility index (Phi) is 4.06. The maximum Gasteiger partial charge on any atom is 0.244 e. The topological polar surface area (TPSA) is 115 Å². The Morgan fingerprint density at radius 1 is 1.30 bits per heavy atom. The quantitative estimate of drug-likeness (QED) is 0.776. The van der Waals surface area contributed by atoms with E-state index in [-0.39, 0.29) is 21.5 Å². The highest BCUT2D eigenvalue weighted by Crippen LogP contribution is 2.30. The Hall–Kier alpha value is -1.15. The highest BCUT2D eigenvalue weighted by atomic mass is 35.5. The first-order valence-electron chi connectivity index (χ1n) is 6.15. The van der Waals surface area contributed by atoms with Gasteiger partial charge in [0, 0.05) is 0 Å². The fourth-order valence-corrected chi connectivity index (χ4v) is 2.96. The van der Waals surface area contributed by atoms with Crippen LogP contribution in [0.5, 0.6) is 0 Å². The van der Waals surface area contributed by atoms with E-state index in [2.05, 4.69) is 5.32 Å². The number of rotatable bonds is 3. The van der Waals surface area contributed by atoms with Crippen LogP contribution in [-0.4, -0.2) is 19.9 Å². The molecule has 1 aliphatic carbocycles. The average molecular weight is 318 g/mol. The normalized spacial score (nSPS) is 17.9. The third-order valence-corrected chi connectivity index (χ3v) is 4.70. The third kappa shape index (κ3) is 3.12. The lowest BCUT2D eigenvalue weighted by Crippen LogP contribution is -2.48. The molecule has 110 valence electrons. The van der Waals surface area contributed by atoms with Gasteiger partial charge in [-0.25, -0.2) is 13.6 Å². The van der Waals surface area contributed by atoms with E-state index in [0.717, 1.165) is 12.8 Å². The highest BCUT2D eigenvalue weighted by molar-refractivity contribution is 7.89. The molecule has 0 aliphatic heterocycles. The lowest BCUT2D eigenvalue weighted by Gasteiger charge is -2.22. The second kappa shape index (κ2) is 5.33. The number of sulfonamides is 1. The molecule has 1 saturated carbocycles. The van der Waals surface area contributed by atoms with Crippen molar-refractivity contribution in [3.05, 3.63) is 23.2 Å². The number of nitrogens with one attached hydrogen (secondary N) is 1. The number of carbonyl (C=O) groups is 1. The Morgan fingerprint density at radius 3 is 2.45 bits per heavy atom. The van der Waals surface area contributed by atoms with Crippen LogP contribution in [0.2, 0.25) is 5.02 Å². The lowest BCUT2D eigenvalue weighted by atomic mass is 9.98. The largest absolute Gasteiger partial charge is 0.323 e. The number of benzene rings is 1. The van der Waals surface area contributed by atoms with Crippen molar-refractivity contribution in [3.8, 4) is 0 Å². The molecule has 0 radical (unpaired) electrons. The van der Waals surface area contributed by atoms with Gasteiger partial charge in [0.25, 0.3) is 0 Å². The van der Waals surface area contributed by atoms with Crippen LogP contribution in [0.15, 0.2) is 23.1 Å². The Morgan fingerprint density at radius 2 is 1.90 bits per heavy atom. The molecule has 0 bridgehead atoms. The minimum absolute atomic E-state index is 0.116. The molecule has 20 heavy (non-hydrogen) atoms. The number of hydrogen-bond donors (Lipinski definition) is 3. The lowest BCUT2D eigenvalue weighted by molar-refractivity contribution is -0.121. The Bertz CT molecular complexity index is 639. The van der Waals surface area contributed by atoms with E-state index >= 15 is 0 Å². The van der Waals surface area contributed by atoms with E-state index in [9.17, 15) is 13.2 Å². The molecule has 1 aliphatic rings. The van der Waals surface area contributed by atoms with Crippen molar-refractivity contribution < 1.29 is 13.2 Å². The molecule has 1 fully saturated rings. The number of anilines is 1. The Labute approximate surface area is 122 Å². The van der Waals surface area contributed by atoms with Crippen molar-refractivity contribution in [1.82, 2.24) is 0 Å². The summed E-state index contributed by atoms with van der Waals surface area (Å²) in [4.78, 5) is 12.1. The van der Waals surface area contributed by atoms with Gasteiger partial charge in [0.1, 0.15) is 0 Å². The zero-order chi connectivity index (χ0) is 15.0. The van der Waals surface area contributed by atoms with Crippen LogP contribution >= 0.6 is 11.6 Å². The van der Waals surface area contributed by atoms with Gasteiger partial charge in [0.05, 0.1) is 21.1 Å². The fourth-order valence-electron chi connectivity index (χ4n) is 2.26. The van der Waals surface area contributed by atoms with E-state index in [1.165, 1.54) is 18.2 Å². The van der Waals surface area contributed by atoms with Gasteiger partial charge in [-0.15, -0.1) is 0 Å². The first kappa shape index (κ1) is 15.2. The predicted molar refractivity (Wildman–Crippen MR) is 76.8 cm³/mol. The van der Waals surface area contributed by atoms with Crippen molar-refractivity contribution in [2.45, 2.75) is 36.1 Å². The van der Waals surface area contributed by atoms with Crippen LogP contribution in [0, 0.1) is 0 Å². The molecular weight excluding hydrogens is 302 g/mol. The van der Waals surface area contributed by atoms with Crippen LogP contribution in [0.1, 0.15) is 25.7 Å². The summed E-state index contributed by atoms with van der Waals surface area (Å²) in [6.07, 6.45) is 3.00. The molecule has 1 amide bonds. The van der Waals surface area contributed by atoms with Gasteiger partial charge in [-0.1, -0.05) is 24.4 Å². The van der Waals surface area contributed by atoms with E-state index in [0.29, 0.717) is 12.8 Å². The molecule has 2 rings (SSSR count). The van der Waals surface area contributed by atoms with Crippen LogP contribution in [0.3, 0.4) is 0 Å². The molecule has 1 aromatic rings. The SMILES string of the molecule is NC1(C(=O)Nc2cc(S(N)(=O)=O)ccc2Cl)CCCC1. The van der Waals surface area contributed by atoms with Crippen LogP contribution in [0.25, 0.3) is 0 Å². The average Bonchev–Trinajstić information content (AvgIpc) is 2.79. The van der Waals surface area contributed by atoms with E-state index in [4.69, 9.17) is 22.5 Å². The molecule has 0 spiro atoms. The molecule has 8 heteroatoms. The van der Waals surface area contributed by atoms with Gasteiger partial charge in [0.15, 0.2) is 0 Å². The Balaban J connectivity index is 2.27. The molecule has 0 saturated heterocycles.